The number of H-pyrrole nitrogens is 2. The molecular formula is C23H18N8. The van der Waals surface area contributed by atoms with Crippen LogP contribution in [0.1, 0.15) is 5.82 Å². The van der Waals surface area contributed by atoms with Crippen LogP contribution in [0.4, 0.5) is 0 Å². The second-order valence-electron chi connectivity index (χ2n) is 7.44. The molecule has 0 aliphatic heterocycles. The lowest BCUT2D eigenvalue weighted by Crippen LogP contribution is -1.96. The molecule has 8 heteroatoms. The summed E-state index contributed by atoms with van der Waals surface area (Å²) in [5, 5.41) is 7.58. The lowest BCUT2D eigenvalue weighted by Gasteiger charge is -2.03. The number of nitrogens with zero attached hydrogens (tertiary/aromatic N) is 6. The third-order valence-corrected chi connectivity index (χ3v) is 5.62. The number of hydrogen-bond acceptors (Lipinski definition) is 5. The van der Waals surface area contributed by atoms with Crippen LogP contribution in [0.25, 0.3) is 56.1 Å². The topological polar surface area (TPSA) is 101 Å². The molecule has 0 saturated carbocycles. The van der Waals surface area contributed by atoms with Gasteiger partial charge in [0, 0.05) is 25.0 Å². The number of aromatic amines is 2. The number of fused-ring (bicyclic) bond motifs is 2. The Hall–Kier alpha value is -4.33. The van der Waals surface area contributed by atoms with Crippen LogP contribution in [0.15, 0.2) is 61.1 Å². The molecule has 0 aliphatic carbocycles. The van der Waals surface area contributed by atoms with Crippen LogP contribution in [-0.2, 0) is 7.05 Å². The van der Waals surface area contributed by atoms with Crippen LogP contribution < -0.4 is 0 Å². The van der Waals surface area contributed by atoms with Gasteiger partial charge < -0.3 is 9.55 Å². The first kappa shape index (κ1) is 17.5. The van der Waals surface area contributed by atoms with Gasteiger partial charge in [-0.15, -0.1) is 0 Å². The van der Waals surface area contributed by atoms with Crippen LogP contribution >= 0.6 is 0 Å². The molecule has 6 aromatic rings. The second-order valence-corrected chi connectivity index (χ2v) is 7.44. The predicted molar refractivity (Wildman–Crippen MR) is 119 cm³/mol. The first-order valence-corrected chi connectivity index (χ1v) is 9.92. The molecule has 150 valence electrons. The standard InChI is InChI=1S/C23H18N8/c1-13-25-12-19(31(13)2)16-6-7-18-21(26-16)22(30-29-18)23-27-17-5-3-4-15(20(17)28-23)14-8-10-24-11-9-14/h3-12H,1-2H3,(H,27,28)(H,29,30). The molecule has 0 radical (unpaired) electrons. The van der Waals surface area contributed by atoms with Crippen molar-refractivity contribution in [2.75, 3.05) is 0 Å². The number of para-hydroxylation sites is 1. The van der Waals surface area contributed by atoms with Gasteiger partial charge in [-0.3, -0.25) is 10.1 Å². The Morgan fingerprint density at radius 1 is 0.903 bits per heavy atom. The number of rotatable bonds is 3. The molecule has 8 nitrogen and oxygen atoms in total. The number of imidazole rings is 2. The van der Waals surface area contributed by atoms with E-state index in [1.54, 1.807) is 12.4 Å². The molecule has 0 unspecified atom stereocenters. The molecular weight excluding hydrogens is 388 g/mol. The van der Waals surface area contributed by atoms with Crippen LogP contribution in [0.5, 0.6) is 0 Å². The van der Waals surface area contributed by atoms with Crippen LogP contribution in [0.3, 0.4) is 0 Å². The summed E-state index contributed by atoms with van der Waals surface area (Å²) in [5.74, 6) is 1.61. The van der Waals surface area contributed by atoms with Crippen molar-refractivity contribution in [3.05, 3.63) is 66.9 Å². The predicted octanol–water partition coefficient (Wildman–Crippen LogP) is 4.27. The smallest absolute Gasteiger partial charge is 0.161 e. The van der Waals surface area contributed by atoms with E-state index in [0.29, 0.717) is 11.5 Å². The fourth-order valence-electron chi connectivity index (χ4n) is 3.86. The molecule has 31 heavy (non-hydrogen) atoms. The summed E-state index contributed by atoms with van der Waals surface area (Å²) in [6.07, 6.45) is 5.41. The molecule has 0 saturated heterocycles. The first-order valence-electron chi connectivity index (χ1n) is 9.92. The lowest BCUT2D eigenvalue weighted by atomic mass is 10.1. The summed E-state index contributed by atoms with van der Waals surface area (Å²) in [5.41, 5.74) is 8.04. The molecule has 0 atom stereocenters. The summed E-state index contributed by atoms with van der Waals surface area (Å²) in [4.78, 5) is 21.7. The summed E-state index contributed by atoms with van der Waals surface area (Å²) < 4.78 is 2.02. The normalized spacial score (nSPS) is 11.5. The Morgan fingerprint density at radius 3 is 2.58 bits per heavy atom. The van der Waals surface area contributed by atoms with Crippen molar-refractivity contribution < 1.29 is 0 Å². The number of pyridine rings is 2. The van der Waals surface area contributed by atoms with Crippen molar-refractivity contribution in [2.45, 2.75) is 6.92 Å². The van der Waals surface area contributed by atoms with Gasteiger partial charge in [-0.25, -0.2) is 15.0 Å². The maximum atomic E-state index is 4.89. The highest BCUT2D eigenvalue weighted by Gasteiger charge is 2.17. The van der Waals surface area contributed by atoms with Gasteiger partial charge in [-0.05, 0) is 42.8 Å². The van der Waals surface area contributed by atoms with E-state index in [0.717, 1.165) is 50.4 Å². The zero-order chi connectivity index (χ0) is 20.9. The molecule has 0 spiro atoms. The van der Waals surface area contributed by atoms with Crippen LogP contribution in [0, 0.1) is 6.92 Å². The Labute approximate surface area is 177 Å². The van der Waals surface area contributed by atoms with Gasteiger partial charge in [-0.2, -0.15) is 5.10 Å². The molecule has 5 aromatic heterocycles. The Morgan fingerprint density at radius 2 is 1.77 bits per heavy atom. The maximum absolute atomic E-state index is 4.89. The van der Waals surface area contributed by atoms with E-state index in [2.05, 4.69) is 31.2 Å². The highest BCUT2D eigenvalue weighted by Crippen LogP contribution is 2.31. The van der Waals surface area contributed by atoms with Crippen LogP contribution in [0.2, 0.25) is 0 Å². The highest BCUT2D eigenvalue weighted by atomic mass is 15.2. The van der Waals surface area contributed by atoms with Crippen molar-refractivity contribution in [1.29, 1.82) is 0 Å². The van der Waals surface area contributed by atoms with E-state index >= 15 is 0 Å². The zero-order valence-corrected chi connectivity index (χ0v) is 17.0. The third-order valence-electron chi connectivity index (χ3n) is 5.62. The number of benzene rings is 1. The minimum Gasteiger partial charge on any atom is -0.336 e. The fraction of sp³-hybridized carbons (Fsp3) is 0.0870. The number of nitrogens with one attached hydrogen (secondary N) is 2. The SMILES string of the molecule is Cc1ncc(-c2ccc3[nH]nc(-c4nc5c(-c6ccncc6)cccc5[nH]4)c3n2)n1C. The number of hydrogen-bond donors (Lipinski definition) is 2. The average molecular weight is 406 g/mol. The third kappa shape index (κ3) is 2.72. The van der Waals surface area contributed by atoms with Crippen LogP contribution in [-0.4, -0.2) is 39.7 Å². The molecule has 0 bridgehead atoms. The number of aryl methyl sites for hydroxylation is 1. The number of aromatic nitrogens is 8. The molecule has 0 fully saturated rings. The fourth-order valence-corrected chi connectivity index (χ4v) is 3.86. The molecule has 2 N–H and O–H groups in total. The summed E-state index contributed by atoms with van der Waals surface area (Å²) >= 11 is 0. The Bertz CT molecular complexity index is 1560. The quantitative estimate of drug-likeness (QED) is 0.457. The Kier molecular flexibility index (Phi) is 3.73. The second kappa shape index (κ2) is 6.60. The van der Waals surface area contributed by atoms with E-state index in [1.807, 2.05) is 61.1 Å². The molecule has 6 rings (SSSR count). The van der Waals surface area contributed by atoms with E-state index < -0.39 is 0 Å². The van der Waals surface area contributed by atoms with Gasteiger partial charge in [0.15, 0.2) is 11.5 Å². The monoisotopic (exact) mass is 406 g/mol. The molecule has 1 aromatic carbocycles. The largest absolute Gasteiger partial charge is 0.336 e. The zero-order valence-electron chi connectivity index (χ0n) is 17.0. The highest BCUT2D eigenvalue weighted by molar-refractivity contribution is 5.96. The molecule has 0 aliphatic rings. The maximum Gasteiger partial charge on any atom is 0.161 e. The van der Waals surface area contributed by atoms with E-state index in [9.17, 15) is 0 Å². The molecule has 5 heterocycles. The van der Waals surface area contributed by atoms with Gasteiger partial charge in [0.25, 0.3) is 0 Å². The van der Waals surface area contributed by atoms with Gasteiger partial charge >= 0.3 is 0 Å². The summed E-state index contributed by atoms with van der Waals surface area (Å²) in [6.45, 7) is 1.97. The van der Waals surface area contributed by atoms with Gasteiger partial charge in [0.2, 0.25) is 0 Å². The van der Waals surface area contributed by atoms with Crippen molar-refractivity contribution in [3.63, 3.8) is 0 Å². The van der Waals surface area contributed by atoms with Gasteiger partial charge in [0.1, 0.15) is 11.3 Å². The van der Waals surface area contributed by atoms with E-state index in [4.69, 9.17) is 9.97 Å². The van der Waals surface area contributed by atoms with Crippen molar-refractivity contribution >= 4 is 22.1 Å². The lowest BCUT2D eigenvalue weighted by molar-refractivity contribution is 0.862. The Balaban J connectivity index is 1.52. The van der Waals surface area contributed by atoms with E-state index in [-0.39, 0.29) is 0 Å². The summed E-state index contributed by atoms with van der Waals surface area (Å²) in [7, 11) is 1.99. The van der Waals surface area contributed by atoms with Gasteiger partial charge in [-0.1, -0.05) is 12.1 Å². The van der Waals surface area contributed by atoms with Crippen molar-refractivity contribution in [1.82, 2.24) is 39.7 Å². The first-order chi connectivity index (χ1) is 15.2. The molecule has 0 amide bonds. The van der Waals surface area contributed by atoms with E-state index in [1.165, 1.54) is 0 Å². The minimum atomic E-state index is 0.675. The van der Waals surface area contributed by atoms with Crippen molar-refractivity contribution in [2.24, 2.45) is 7.05 Å². The minimum absolute atomic E-state index is 0.675. The van der Waals surface area contributed by atoms with Crippen molar-refractivity contribution in [3.8, 4) is 34.0 Å². The average Bonchev–Trinajstić information content (AvgIpc) is 3.50. The summed E-state index contributed by atoms with van der Waals surface area (Å²) in [6, 6.07) is 14.0. The van der Waals surface area contributed by atoms with Gasteiger partial charge in [0.05, 0.1) is 34.1 Å².